The molecule has 4 atom stereocenters. The number of hydrogen-bond acceptors (Lipinski definition) is 6. The van der Waals surface area contributed by atoms with Gasteiger partial charge in [0.1, 0.15) is 30.1 Å². The van der Waals surface area contributed by atoms with Crippen LogP contribution in [0, 0.1) is 9.49 Å². The van der Waals surface area contributed by atoms with E-state index in [-0.39, 0.29) is 18.8 Å². The predicted molar refractivity (Wildman–Crippen MR) is 80.8 cm³/mol. The number of hydrogen-bond donors (Lipinski definition) is 3. The van der Waals surface area contributed by atoms with Gasteiger partial charge in [-0.3, -0.25) is 0 Å². The molecule has 0 amide bonds. The summed E-state index contributed by atoms with van der Waals surface area (Å²) in [7, 11) is 0. The van der Waals surface area contributed by atoms with E-state index >= 15 is 0 Å². The highest BCUT2D eigenvalue weighted by molar-refractivity contribution is 14.1. The van der Waals surface area contributed by atoms with E-state index < -0.39 is 12.2 Å². The lowest BCUT2D eigenvalue weighted by Gasteiger charge is -2.18. The minimum Gasteiger partial charge on any atom is -0.394 e. The van der Waals surface area contributed by atoms with Crippen LogP contribution in [0.1, 0.15) is 13.2 Å². The van der Waals surface area contributed by atoms with E-state index in [0.29, 0.717) is 11.5 Å². The Labute approximate surface area is 128 Å². The number of nitrogens with two attached hydrogens (primary N) is 1. The third kappa shape index (κ3) is 1.98. The van der Waals surface area contributed by atoms with E-state index in [4.69, 9.17) is 10.5 Å². The molecule has 20 heavy (non-hydrogen) atoms. The number of nitrogens with zero attached hydrogens (tertiary/aromatic N) is 3. The topological polar surface area (TPSA) is 106 Å². The quantitative estimate of drug-likeness (QED) is 0.646. The van der Waals surface area contributed by atoms with Crippen molar-refractivity contribution in [3.8, 4) is 0 Å². The second-order valence-electron chi connectivity index (χ2n) is 4.94. The zero-order chi connectivity index (χ0) is 14.4. The first kappa shape index (κ1) is 14.0. The van der Waals surface area contributed by atoms with Crippen molar-refractivity contribution in [1.29, 1.82) is 0 Å². The maximum atomic E-state index is 10.1. The van der Waals surface area contributed by atoms with Crippen molar-refractivity contribution in [1.82, 2.24) is 14.5 Å². The molecule has 4 N–H and O–H groups in total. The molecule has 0 aliphatic carbocycles. The van der Waals surface area contributed by atoms with Crippen LogP contribution in [0.4, 0.5) is 5.82 Å². The number of aliphatic hydroxyl groups excluding tert-OH is 2. The normalized spacial score (nSPS) is 30.2. The summed E-state index contributed by atoms with van der Waals surface area (Å²) in [5, 5.41) is 20.1. The molecule has 1 fully saturated rings. The minimum atomic E-state index is -0.709. The van der Waals surface area contributed by atoms with Gasteiger partial charge >= 0.3 is 0 Å². The van der Waals surface area contributed by atoms with Crippen LogP contribution in [0.5, 0.6) is 0 Å². The van der Waals surface area contributed by atoms with Gasteiger partial charge in [0, 0.05) is 15.7 Å². The monoisotopic (exact) mass is 390 g/mol. The van der Waals surface area contributed by atoms with Crippen molar-refractivity contribution in [2.24, 2.45) is 5.92 Å². The molecule has 0 bridgehead atoms. The fourth-order valence-electron chi connectivity index (χ4n) is 2.62. The molecule has 1 saturated heterocycles. The largest absolute Gasteiger partial charge is 0.394 e. The number of anilines is 1. The molecule has 7 nitrogen and oxygen atoms in total. The summed E-state index contributed by atoms with van der Waals surface area (Å²) in [6.07, 6.45) is 1.61. The molecule has 108 valence electrons. The van der Waals surface area contributed by atoms with Crippen LogP contribution in [0.2, 0.25) is 0 Å². The van der Waals surface area contributed by atoms with E-state index in [0.717, 1.165) is 8.96 Å². The van der Waals surface area contributed by atoms with Crippen molar-refractivity contribution in [3.63, 3.8) is 0 Å². The second kappa shape index (κ2) is 5.10. The molecule has 0 unspecified atom stereocenters. The standard InChI is InChI=1S/C12H15IN4O3/c1-5-9(19)7(3-18)20-12(5)17-2-6(13)8-10(14)15-4-16-11(8)17/h2,4-5,7,9,12,18-19H,3H2,1H3,(H2,14,15,16)/t5-,7+,9-,12+/m0/s1. The average Bonchev–Trinajstić information content (AvgIpc) is 2.90. The lowest BCUT2D eigenvalue weighted by molar-refractivity contribution is -0.0445. The first-order valence-corrected chi connectivity index (χ1v) is 7.33. The van der Waals surface area contributed by atoms with Crippen molar-refractivity contribution in [3.05, 3.63) is 16.1 Å². The molecule has 0 aromatic carbocycles. The summed E-state index contributed by atoms with van der Waals surface area (Å²) < 4.78 is 8.51. The number of ether oxygens (including phenoxy) is 1. The fourth-order valence-corrected chi connectivity index (χ4v) is 3.43. The Bertz CT molecular complexity index is 647. The molecule has 1 aliphatic heterocycles. The Hall–Kier alpha value is -0.970. The van der Waals surface area contributed by atoms with Crippen molar-refractivity contribution in [2.45, 2.75) is 25.4 Å². The third-order valence-corrected chi connectivity index (χ3v) is 4.55. The molecular weight excluding hydrogens is 375 g/mol. The van der Waals surface area contributed by atoms with Gasteiger partial charge in [-0.05, 0) is 22.6 Å². The van der Waals surface area contributed by atoms with Crippen LogP contribution in [-0.2, 0) is 4.74 Å². The molecule has 8 heteroatoms. The van der Waals surface area contributed by atoms with Gasteiger partial charge in [-0.2, -0.15) is 0 Å². The molecule has 0 saturated carbocycles. The lowest BCUT2D eigenvalue weighted by Crippen LogP contribution is -2.28. The number of aliphatic hydroxyl groups is 2. The maximum absolute atomic E-state index is 10.1. The summed E-state index contributed by atoms with van der Waals surface area (Å²) >= 11 is 2.17. The van der Waals surface area contributed by atoms with Crippen LogP contribution in [0.25, 0.3) is 11.0 Å². The summed E-state index contributed by atoms with van der Waals surface area (Å²) in [5.74, 6) is 0.262. The first-order chi connectivity index (χ1) is 9.54. The van der Waals surface area contributed by atoms with E-state index in [1.54, 1.807) is 0 Å². The van der Waals surface area contributed by atoms with Crippen LogP contribution in [0.15, 0.2) is 12.5 Å². The number of nitrogen functional groups attached to an aromatic ring is 1. The summed E-state index contributed by atoms with van der Waals surface area (Å²) in [4.78, 5) is 8.25. The van der Waals surface area contributed by atoms with Gasteiger partial charge in [-0.25, -0.2) is 9.97 Å². The van der Waals surface area contributed by atoms with E-state index in [9.17, 15) is 10.2 Å². The Morgan fingerprint density at radius 2 is 2.25 bits per heavy atom. The zero-order valence-corrected chi connectivity index (χ0v) is 12.9. The zero-order valence-electron chi connectivity index (χ0n) is 10.8. The van der Waals surface area contributed by atoms with Gasteiger partial charge in [-0.1, -0.05) is 6.92 Å². The van der Waals surface area contributed by atoms with E-state index in [1.807, 2.05) is 17.7 Å². The molecule has 1 aliphatic rings. The summed E-state index contributed by atoms with van der Waals surface area (Å²) in [5.41, 5.74) is 6.56. The van der Waals surface area contributed by atoms with Gasteiger partial charge in [0.25, 0.3) is 0 Å². The fraction of sp³-hybridized carbons (Fsp3) is 0.500. The molecule has 0 spiro atoms. The Morgan fingerprint density at radius 3 is 2.90 bits per heavy atom. The third-order valence-electron chi connectivity index (χ3n) is 3.73. The van der Waals surface area contributed by atoms with Crippen LogP contribution in [-0.4, -0.2) is 43.6 Å². The molecule has 3 rings (SSSR count). The lowest BCUT2D eigenvalue weighted by atomic mass is 10.0. The second-order valence-corrected chi connectivity index (χ2v) is 6.10. The van der Waals surface area contributed by atoms with Gasteiger partial charge in [-0.15, -0.1) is 0 Å². The molecule has 3 heterocycles. The van der Waals surface area contributed by atoms with E-state index in [2.05, 4.69) is 32.6 Å². The van der Waals surface area contributed by atoms with Crippen molar-refractivity contribution < 1.29 is 14.9 Å². The predicted octanol–water partition coefficient (Wildman–Crippen LogP) is 0.505. The Balaban J connectivity index is 2.10. The van der Waals surface area contributed by atoms with E-state index in [1.165, 1.54) is 6.33 Å². The van der Waals surface area contributed by atoms with Crippen molar-refractivity contribution >= 4 is 39.4 Å². The number of fused-ring (bicyclic) bond motifs is 1. The highest BCUT2D eigenvalue weighted by Gasteiger charge is 2.42. The molecule has 2 aromatic heterocycles. The summed E-state index contributed by atoms with van der Waals surface area (Å²) in [6, 6.07) is 0. The molecular formula is C12H15IN4O3. The number of aromatic nitrogens is 3. The van der Waals surface area contributed by atoms with Gasteiger partial charge in [0.05, 0.1) is 18.1 Å². The summed E-state index contributed by atoms with van der Waals surface area (Å²) in [6.45, 7) is 1.67. The smallest absolute Gasteiger partial charge is 0.148 e. The Kier molecular flexibility index (Phi) is 3.56. The van der Waals surface area contributed by atoms with Crippen LogP contribution in [0.3, 0.4) is 0 Å². The minimum absolute atomic E-state index is 0.158. The highest BCUT2D eigenvalue weighted by Crippen LogP contribution is 2.38. The van der Waals surface area contributed by atoms with Gasteiger partial charge in [0.15, 0.2) is 0 Å². The highest BCUT2D eigenvalue weighted by atomic mass is 127. The first-order valence-electron chi connectivity index (χ1n) is 6.25. The SMILES string of the molecule is C[C@H]1[C@H](O)[C@@H](CO)O[C@H]1n1cc(I)c2c(N)ncnc21. The van der Waals surface area contributed by atoms with Crippen LogP contribution < -0.4 is 5.73 Å². The van der Waals surface area contributed by atoms with Gasteiger partial charge in [0.2, 0.25) is 0 Å². The number of rotatable bonds is 2. The number of halogens is 1. The molecule has 2 aromatic rings. The van der Waals surface area contributed by atoms with Gasteiger partial charge < -0.3 is 25.3 Å². The van der Waals surface area contributed by atoms with Crippen molar-refractivity contribution in [2.75, 3.05) is 12.3 Å². The maximum Gasteiger partial charge on any atom is 0.148 e. The molecule has 0 radical (unpaired) electrons. The van der Waals surface area contributed by atoms with Crippen LogP contribution >= 0.6 is 22.6 Å². The average molecular weight is 390 g/mol. The Morgan fingerprint density at radius 1 is 1.50 bits per heavy atom.